The van der Waals surface area contributed by atoms with Gasteiger partial charge in [-0.3, -0.25) is 9.59 Å². The molecule has 0 spiro atoms. The van der Waals surface area contributed by atoms with Gasteiger partial charge in [-0.05, 0) is 65.4 Å². The Morgan fingerprint density at radius 3 is 2.74 bits per heavy atom. The van der Waals surface area contributed by atoms with Crippen LogP contribution >= 0.6 is 22.6 Å². The minimum atomic E-state index is -0.222. The molecule has 1 aromatic heterocycles. The highest BCUT2D eigenvalue weighted by Gasteiger charge is 2.05. The van der Waals surface area contributed by atoms with Crippen molar-refractivity contribution in [3.8, 4) is 0 Å². The molecule has 23 heavy (non-hydrogen) atoms. The summed E-state index contributed by atoms with van der Waals surface area (Å²) in [7, 11) is 0. The zero-order valence-electron chi connectivity index (χ0n) is 12.6. The molecule has 5 nitrogen and oxygen atoms in total. The average Bonchev–Trinajstić information content (AvgIpc) is 2.97. The Kier molecular flexibility index (Phi) is 6.40. The van der Waals surface area contributed by atoms with Gasteiger partial charge in [0.05, 0.1) is 0 Å². The number of nitrogens with one attached hydrogen (secondary N) is 2. The summed E-state index contributed by atoms with van der Waals surface area (Å²) in [5.41, 5.74) is 1.45. The van der Waals surface area contributed by atoms with E-state index in [-0.39, 0.29) is 11.8 Å². The Balaban J connectivity index is 1.90. The molecule has 1 heterocycles. The third-order valence-corrected chi connectivity index (χ3v) is 3.57. The van der Waals surface area contributed by atoms with Gasteiger partial charge in [-0.15, -0.1) is 0 Å². The van der Waals surface area contributed by atoms with E-state index in [1.54, 1.807) is 30.3 Å². The zero-order valence-corrected chi connectivity index (χ0v) is 14.8. The quantitative estimate of drug-likeness (QED) is 0.554. The monoisotopic (exact) mass is 424 g/mol. The minimum Gasteiger partial charge on any atom is -0.451 e. The van der Waals surface area contributed by atoms with E-state index in [1.165, 1.54) is 6.08 Å². The van der Waals surface area contributed by atoms with Gasteiger partial charge in [0.25, 0.3) is 5.91 Å². The first-order valence-corrected chi connectivity index (χ1v) is 8.24. The highest BCUT2D eigenvalue weighted by molar-refractivity contribution is 14.1. The Bertz CT molecular complexity index is 722. The number of amides is 2. The molecule has 2 aromatic rings. The highest BCUT2D eigenvalue weighted by Crippen LogP contribution is 2.11. The topological polar surface area (TPSA) is 71.3 Å². The first-order chi connectivity index (χ1) is 11.1. The minimum absolute atomic E-state index is 0.118. The number of hydrogen-bond donors (Lipinski definition) is 2. The molecule has 0 atom stereocenters. The second-order valence-corrected chi connectivity index (χ2v) is 5.82. The van der Waals surface area contributed by atoms with Crippen LogP contribution in [0, 0.1) is 3.77 Å². The van der Waals surface area contributed by atoms with Gasteiger partial charge in [0.15, 0.2) is 3.77 Å². The van der Waals surface area contributed by atoms with Gasteiger partial charge in [-0.2, -0.15) is 0 Å². The number of carbonyl (C=O) groups is 2. The molecule has 0 unspecified atom stereocenters. The van der Waals surface area contributed by atoms with Gasteiger partial charge in [-0.25, -0.2) is 0 Å². The molecule has 0 fully saturated rings. The van der Waals surface area contributed by atoms with Crippen LogP contribution in [0.4, 0.5) is 0 Å². The first kappa shape index (κ1) is 17.3. The standard InChI is InChI=1S/C17H17IN2O3/c1-2-19-17(22)13-5-3-4-12(10-13)11-20-16(21)9-7-14-6-8-15(18)23-14/h3-10H,2,11H2,1H3,(H,19,22)(H,20,21)/b9-7+. The van der Waals surface area contributed by atoms with Gasteiger partial charge in [0.2, 0.25) is 5.91 Å². The summed E-state index contributed by atoms with van der Waals surface area (Å²) < 4.78 is 6.11. The van der Waals surface area contributed by atoms with Crippen LogP contribution in [-0.2, 0) is 11.3 Å². The fourth-order valence-corrected chi connectivity index (χ4v) is 2.34. The van der Waals surface area contributed by atoms with Crippen molar-refractivity contribution in [1.82, 2.24) is 10.6 Å². The van der Waals surface area contributed by atoms with Crippen molar-refractivity contribution in [3.05, 3.63) is 63.1 Å². The largest absolute Gasteiger partial charge is 0.451 e. The van der Waals surface area contributed by atoms with E-state index in [4.69, 9.17) is 4.42 Å². The summed E-state index contributed by atoms with van der Waals surface area (Å²) in [6, 6.07) is 10.8. The van der Waals surface area contributed by atoms with E-state index in [2.05, 4.69) is 33.2 Å². The Morgan fingerprint density at radius 1 is 1.22 bits per heavy atom. The van der Waals surface area contributed by atoms with E-state index in [1.807, 2.05) is 19.1 Å². The third kappa shape index (κ3) is 5.55. The van der Waals surface area contributed by atoms with Crippen LogP contribution in [0.3, 0.4) is 0 Å². The van der Waals surface area contributed by atoms with E-state index >= 15 is 0 Å². The number of carbonyl (C=O) groups excluding carboxylic acids is 2. The van der Waals surface area contributed by atoms with Crippen molar-refractivity contribution in [3.63, 3.8) is 0 Å². The molecule has 1 aromatic carbocycles. The molecule has 2 N–H and O–H groups in total. The lowest BCUT2D eigenvalue weighted by atomic mass is 10.1. The molecule has 0 saturated carbocycles. The van der Waals surface area contributed by atoms with Crippen LogP contribution in [0.15, 0.2) is 46.9 Å². The lowest BCUT2D eigenvalue weighted by Gasteiger charge is -2.06. The normalized spacial score (nSPS) is 10.7. The van der Waals surface area contributed by atoms with E-state index in [0.717, 1.165) is 9.33 Å². The maximum atomic E-state index is 11.8. The number of benzene rings is 1. The maximum absolute atomic E-state index is 11.8. The Labute approximate surface area is 148 Å². The summed E-state index contributed by atoms with van der Waals surface area (Å²) in [6.07, 6.45) is 3.03. The molecule has 0 bridgehead atoms. The predicted molar refractivity (Wildman–Crippen MR) is 96.8 cm³/mol. The van der Waals surface area contributed by atoms with Gasteiger partial charge in [-0.1, -0.05) is 12.1 Å². The van der Waals surface area contributed by atoms with Crippen molar-refractivity contribution in [1.29, 1.82) is 0 Å². The third-order valence-electron chi connectivity index (χ3n) is 2.99. The summed E-state index contributed by atoms with van der Waals surface area (Å²) in [5.74, 6) is 0.288. The number of furan rings is 1. The molecule has 2 rings (SSSR count). The molecule has 2 amide bonds. The number of hydrogen-bond acceptors (Lipinski definition) is 3. The molecule has 0 aliphatic rings. The summed E-state index contributed by atoms with van der Waals surface area (Å²) >= 11 is 2.06. The SMILES string of the molecule is CCNC(=O)c1cccc(CNC(=O)/C=C/c2ccc(I)o2)c1. The molecule has 0 aliphatic heterocycles. The second-order valence-electron chi connectivity index (χ2n) is 4.75. The van der Waals surface area contributed by atoms with Crippen LogP contribution in [0.5, 0.6) is 0 Å². The zero-order chi connectivity index (χ0) is 16.7. The average molecular weight is 424 g/mol. The lowest BCUT2D eigenvalue weighted by molar-refractivity contribution is -0.116. The highest BCUT2D eigenvalue weighted by atomic mass is 127. The van der Waals surface area contributed by atoms with Gasteiger partial charge < -0.3 is 15.1 Å². The van der Waals surface area contributed by atoms with Crippen LogP contribution in [-0.4, -0.2) is 18.4 Å². The Morgan fingerprint density at radius 2 is 2.04 bits per heavy atom. The first-order valence-electron chi connectivity index (χ1n) is 7.17. The summed E-state index contributed by atoms with van der Waals surface area (Å²) in [5, 5.41) is 5.52. The number of halogens is 1. The van der Waals surface area contributed by atoms with Crippen LogP contribution < -0.4 is 10.6 Å². The summed E-state index contributed by atoms with van der Waals surface area (Å²) in [6.45, 7) is 2.80. The molecule has 0 radical (unpaired) electrons. The van der Waals surface area contributed by atoms with Gasteiger partial charge >= 0.3 is 0 Å². The lowest BCUT2D eigenvalue weighted by Crippen LogP contribution is -2.23. The Hall–Kier alpha value is -2.09. The van der Waals surface area contributed by atoms with Gasteiger partial charge in [0, 0.05) is 24.7 Å². The predicted octanol–water partition coefficient (Wildman–Crippen LogP) is 2.96. The van der Waals surface area contributed by atoms with Crippen LogP contribution in [0.1, 0.15) is 28.6 Å². The van der Waals surface area contributed by atoms with Crippen molar-refractivity contribution < 1.29 is 14.0 Å². The van der Waals surface area contributed by atoms with Crippen molar-refractivity contribution in [2.75, 3.05) is 6.54 Å². The van der Waals surface area contributed by atoms with Crippen LogP contribution in [0.25, 0.3) is 6.08 Å². The van der Waals surface area contributed by atoms with E-state index < -0.39 is 0 Å². The van der Waals surface area contributed by atoms with Crippen molar-refractivity contribution in [2.24, 2.45) is 0 Å². The number of rotatable bonds is 6. The molecule has 120 valence electrons. The van der Waals surface area contributed by atoms with Crippen LogP contribution in [0.2, 0.25) is 0 Å². The molecular formula is C17H17IN2O3. The van der Waals surface area contributed by atoms with Crippen molar-refractivity contribution >= 4 is 40.5 Å². The molecular weight excluding hydrogens is 407 g/mol. The van der Waals surface area contributed by atoms with Crippen molar-refractivity contribution in [2.45, 2.75) is 13.5 Å². The fraction of sp³-hybridized carbons (Fsp3) is 0.176. The maximum Gasteiger partial charge on any atom is 0.251 e. The second kappa shape index (κ2) is 8.52. The fourth-order valence-electron chi connectivity index (χ4n) is 1.91. The molecule has 0 aliphatic carbocycles. The van der Waals surface area contributed by atoms with E-state index in [9.17, 15) is 9.59 Å². The van der Waals surface area contributed by atoms with Gasteiger partial charge in [0.1, 0.15) is 5.76 Å². The summed E-state index contributed by atoms with van der Waals surface area (Å²) in [4.78, 5) is 23.6. The van der Waals surface area contributed by atoms with E-state index in [0.29, 0.717) is 24.4 Å². The molecule has 0 saturated heterocycles. The molecule has 6 heteroatoms. The smallest absolute Gasteiger partial charge is 0.251 e.